The third-order valence-corrected chi connectivity index (χ3v) is 7.20. The minimum absolute atomic E-state index is 0.143. The highest BCUT2D eigenvalue weighted by Gasteiger charge is 2.35. The largest absolute Gasteiger partial charge is 0.453 e. The first-order chi connectivity index (χ1) is 20.9. The van der Waals surface area contributed by atoms with Gasteiger partial charge in [-0.05, 0) is 64.4 Å². The van der Waals surface area contributed by atoms with Gasteiger partial charge < -0.3 is 19.5 Å². The summed E-state index contributed by atoms with van der Waals surface area (Å²) in [6, 6.07) is 16.6. The van der Waals surface area contributed by atoms with Gasteiger partial charge in [0.05, 0.1) is 23.9 Å². The van der Waals surface area contributed by atoms with Crippen LogP contribution in [0, 0.1) is 0 Å². The van der Waals surface area contributed by atoms with Crippen LogP contribution in [0.5, 0.6) is 0 Å². The molecule has 0 unspecified atom stereocenters. The van der Waals surface area contributed by atoms with E-state index < -0.39 is 18.0 Å². The molecule has 1 atom stereocenters. The van der Waals surface area contributed by atoms with Crippen LogP contribution in [0.25, 0.3) is 22.7 Å². The molecule has 0 bridgehead atoms. The van der Waals surface area contributed by atoms with Crippen LogP contribution in [0.4, 0.5) is 16.3 Å². The molecule has 0 aliphatic carbocycles. The van der Waals surface area contributed by atoms with E-state index in [1.807, 2.05) is 24.3 Å². The zero-order valence-corrected chi connectivity index (χ0v) is 23.4. The van der Waals surface area contributed by atoms with Gasteiger partial charge in [-0.25, -0.2) is 4.79 Å². The molecule has 1 aliphatic heterocycles. The first kappa shape index (κ1) is 27.6. The summed E-state index contributed by atoms with van der Waals surface area (Å²) in [6.45, 7) is 0.306. The van der Waals surface area contributed by atoms with E-state index in [0.717, 1.165) is 5.56 Å². The quantitative estimate of drug-likeness (QED) is 0.270. The van der Waals surface area contributed by atoms with E-state index in [4.69, 9.17) is 16.1 Å². The fraction of sp³-hybridized carbons (Fsp3) is 0.138. The topological polar surface area (TPSA) is 157 Å². The lowest BCUT2D eigenvalue weighted by molar-refractivity contribution is -0.135. The Kier molecular flexibility index (Phi) is 7.54. The van der Waals surface area contributed by atoms with Gasteiger partial charge in [-0.15, -0.1) is 5.10 Å². The zero-order valence-electron chi connectivity index (χ0n) is 22.6. The van der Waals surface area contributed by atoms with Gasteiger partial charge in [0.1, 0.15) is 12.4 Å². The monoisotopic (exact) mass is 598 g/mol. The average molecular weight is 599 g/mol. The number of para-hydroxylation sites is 1. The molecule has 43 heavy (non-hydrogen) atoms. The summed E-state index contributed by atoms with van der Waals surface area (Å²) < 4.78 is 11.6. The van der Waals surface area contributed by atoms with Crippen LogP contribution in [0.2, 0.25) is 5.02 Å². The fourth-order valence-corrected chi connectivity index (χ4v) is 5.16. The zero-order chi connectivity index (χ0) is 29.9. The van der Waals surface area contributed by atoms with E-state index >= 15 is 0 Å². The number of halogens is 1. The highest BCUT2D eigenvalue weighted by molar-refractivity contribution is 6.30. The average Bonchev–Trinajstić information content (AvgIpc) is 3.70. The normalized spacial score (nSPS) is 14.5. The number of carbonyl (C=O) groups excluding carboxylic acids is 3. The van der Waals surface area contributed by atoms with E-state index in [2.05, 4.69) is 36.1 Å². The third-order valence-electron chi connectivity index (χ3n) is 6.97. The molecule has 6 rings (SSSR count). The summed E-state index contributed by atoms with van der Waals surface area (Å²) in [6.07, 6.45) is 4.33. The van der Waals surface area contributed by atoms with Crippen molar-refractivity contribution in [3.63, 3.8) is 0 Å². The fourth-order valence-electron chi connectivity index (χ4n) is 4.98. The SMILES string of the molecule is COC(=O)Nc1cccc2c(NC(=O)[C@@H]3c4ccccc4CCN3C(=O)/C=C/c3cc(Cl)ccc3-n3cnnn3)noc12. The second kappa shape index (κ2) is 11.7. The van der Waals surface area contributed by atoms with Gasteiger partial charge in [0.25, 0.3) is 5.91 Å². The number of amides is 3. The number of nitrogens with zero attached hydrogens (tertiary/aromatic N) is 6. The lowest BCUT2D eigenvalue weighted by Gasteiger charge is -2.35. The number of hydrogen-bond donors (Lipinski definition) is 2. The Morgan fingerprint density at radius 3 is 2.77 bits per heavy atom. The number of benzene rings is 3. The minimum Gasteiger partial charge on any atom is -0.453 e. The van der Waals surface area contributed by atoms with E-state index in [1.165, 1.54) is 29.1 Å². The van der Waals surface area contributed by atoms with Crippen LogP contribution >= 0.6 is 11.6 Å². The van der Waals surface area contributed by atoms with Crippen LogP contribution < -0.4 is 10.6 Å². The maximum atomic E-state index is 13.9. The van der Waals surface area contributed by atoms with Gasteiger partial charge in [-0.1, -0.05) is 47.1 Å². The van der Waals surface area contributed by atoms with Gasteiger partial charge in [0.15, 0.2) is 11.4 Å². The molecule has 14 heteroatoms. The maximum absolute atomic E-state index is 13.9. The molecular formula is C29H23ClN8O5. The lowest BCUT2D eigenvalue weighted by atomic mass is 9.91. The number of anilines is 2. The maximum Gasteiger partial charge on any atom is 0.411 e. The Balaban J connectivity index is 1.30. The molecule has 3 aromatic carbocycles. The molecule has 0 radical (unpaired) electrons. The minimum atomic E-state index is -0.955. The van der Waals surface area contributed by atoms with E-state index in [1.54, 1.807) is 42.5 Å². The predicted octanol–water partition coefficient (Wildman–Crippen LogP) is 4.41. The molecule has 1 aliphatic rings. The second-order valence-electron chi connectivity index (χ2n) is 9.49. The van der Waals surface area contributed by atoms with Crippen LogP contribution in [0.1, 0.15) is 22.7 Å². The Morgan fingerprint density at radius 1 is 1.09 bits per heavy atom. The Labute approximate surface area is 249 Å². The summed E-state index contributed by atoms with van der Waals surface area (Å²) in [5.74, 6) is -0.719. The highest BCUT2D eigenvalue weighted by Crippen LogP contribution is 2.34. The molecule has 216 valence electrons. The van der Waals surface area contributed by atoms with Crippen molar-refractivity contribution in [2.45, 2.75) is 12.5 Å². The van der Waals surface area contributed by atoms with Crippen molar-refractivity contribution >= 4 is 58.1 Å². The van der Waals surface area contributed by atoms with Gasteiger partial charge in [-0.2, -0.15) is 4.68 Å². The third kappa shape index (κ3) is 5.53. The summed E-state index contributed by atoms with van der Waals surface area (Å²) in [5, 5.41) is 21.6. The van der Waals surface area contributed by atoms with Gasteiger partial charge in [0.2, 0.25) is 5.91 Å². The lowest BCUT2D eigenvalue weighted by Crippen LogP contribution is -2.44. The number of hydrogen-bond acceptors (Lipinski definition) is 9. The first-order valence-electron chi connectivity index (χ1n) is 13.1. The summed E-state index contributed by atoms with van der Waals surface area (Å²) in [4.78, 5) is 40.8. The molecule has 0 saturated carbocycles. The molecule has 3 heterocycles. The van der Waals surface area contributed by atoms with Crippen molar-refractivity contribution in [1.82, 2.24) is 30.3 Å². The van der Waals surface area contributed by atoms with Crippen LogP contribution in [-0.2, 0) is 20.7 Å². The van der Waals surface area contributed by atoms with Gasteiger partial charge in [-0.3, -0.25) is 14.9 Å². The Hall–Kier alpha value is -5.56. The van der Waals surface area contributed by atoms with Crippen molar-refractivity contribution < 1.29 is 23.6 Å². The van der Waals surface area contributed by atoms with Crippen molar-refractivity contribution in [1.29, 1.82) is 0 Å². The summed E-state index contributed by atoms with van der Waals surface area (Å²) in [7, 11) is 1.24. The standard InChI is InChI=1S/C29H23ClN8O5/c1-42-29(41)32-22-8-4-7-21-26(22)43-34-27(21)33-28(40)25-20-6-3-2-5-17(20)13-14-37(25)24(39)12-9-18-15-19(30)10-11-23(18)38-16-31-35-36-38/h2-12,15-16,25H,13-14H2,1H3,(H,32,41)(H,33,34,40)/b12-9+/t25-/m0/s1. The number of tetrazole rings is 1. The number of nitrogens with one attached hydrogen (secondary N) is 2. The van der Waals surface area contributed by atoms with Gasteiger partial charge >= 0.3 is 6.09 Å². The molecule has 0 saturated heterocycles. The number of fused-ring (bicyclic) bond motifs is 2. The number of ether oxygens (including phenoxy) is 1. The molecule has 0 fully saturated rings. The van der Waals surface area contributed by atoms with Crippen molar-refractivity contribution in [2.75, 3.05) is 24.3 Å². The first-order valence-corrected chi connectivity index (χ1v) is 13.4. The number of carbonyl (C=O) groups is 3. The van der Waals surface area contributed by atoms with Crippen LogP contribution in [-0.4, -0.2) is 61.8 Å². The molecule has 5 aromatic rings. The Bertz CT molecular complexity index is 1870. The van der Waals surface area contributed by atoms with E-state index in [-0.39, 0.29) is 17.3 Å². The van der Waals surface area contributed by atoms with Crippen molar-refractivity contribution in [3.05, 3.63) is 94.8 Å². The van der Waals surface area contributed by atoms with Crippen molar-refractivity contribution in [3.8, 4) is 5.69 Å². The van der Waals surface area contributed by atoms with Crippen LogP contribution in [0.15, 0.2) is 77.6 Å². The predicted molar refractivity (Wildman–Crippen MR) is 156 cm³/mol. The van der Waals surface area contributed by atoms with Crippen LogP contribution in [0.3, 0.4) is 0 Å². The smallest absolute Gasteiger partial charge is 0.411 e. The molecule has 3 amide bonds. The highest BCUT2D eigenvalue weighted by atomic mass is 35.5. The van der Waals surface area contributed by atoms with E-state index in [0.29, 0.717) is 45.9 Å². The molecular weight excluding hydrogens is 576 g/mol. The number of rotatable bonds is 6. The van der Waals surface area contributed by atoms with Gasteiger partial charge in [0, 0.05) is 23.2 Å². The summed E-state index contributed by atoms with van der Waals surface area (Å²) in [5.41, 5.74) is 3.46. The molecule has 2 aromatic heterocycles. The van der Waals surface area contributed by atoms with E-state index in [9.17, 15) is 14.4 Å². The number of methoxy groups -OCH3 is 1. The second-order valence-corrected chi connectivity index (χ2v) is 9.93. The molecule has 2 N–H and O–H groups in total. The molecule has 13 nitrogen and oxygen atoms in total. The van der Waals surface area contributed by atoms with Crippen molar-refractivity contribution in [2.24, 2.45) is 0 Å². The number of aromatic nitrogens is 5. The molecule has 0 spiro atoms. The summed E-state index contributed by atoms with van der Waals surface area (Å²) >= 11 is 6.23. The Morgan fingerprint density at radius 2 is 1.95 bits per heavy atom.